The van der Waals surface area contributed by atoms with E-state index in [4.69, 9.17) is 4.74 Å². The molecule has 1 aromatic carbocycles. The highest BCUT2D eigenvalue weighted by atomic mass is 16.5. The number of amides is 1. The molecular formula is C15H24N2O2. The van der Waals surface area contributed by atoms with Gasteiger partial charge in [0.1, 0.15) is 5.75 Å². The summed E-state index contributed by atoms with van der Waals surface area (Å²) in [4.78, 5) is 11.7. The second-order valence-corrected chi connectivity index (χ2v) is 4.44. The van der Waals surface area contributed by atoms with Crippen molar-refractivity contribution in [1.29, 1.82) is 0 Å². The van der Waals surface area contributed by atoms with Gasteiger partial charge in [0.25, 0.3) is 0 Å². The van der Waals surface area contributed by atoms with Crippen molar-refractivity contribution in [1.82, 2.24) is 10.6 Å². The van der Waals surface area contributed by atoms with Crippen LogP contribution in [-0.4, -0.2) is 26.1 Å². The quantitative estimate of drug-likeness (QED) is 0.672. The van der Waals surface area contributed by atoms with Crippen LogP contribution in [0.3, 0.4) is 0 Å². The minimum Gasteiger partial charge on any atom is -0.496 e. The molecule has 0 aromatic heterocycles. The summed E-state index contributed by atoms with van der Waals surface area (Å²) in [5, 5.41) is 6.16. The Balaban J connectivity index is 2.22. The number of benzene rings is 1. The lowest BCUT2D eigenvalue weighted by Gasteiger charge is -2.09. The molecule has 1 rings (SSSR count). The van der Waals surface area contributed by atoms with Gasteiger partial charge in [0.15, 0.2) is 0 Å². The Labute approximate surface area is 115 Å². The third-order valence-electron chi connectivity index (χ3n) is 2.90. The number of carbonyl (C=O) groups is 1. The van der Waals surface area contributed by atoms with Gasteiger partial charge >= 0.3 is 0 Å². The lowest BCUT2D eigenvalue weighted by Crippen LogP contribution is -2.27. The Morgan fingerprint density at radius 1 is 1.26 bits per heavy atom. The molecule has 0 fully saturated rings. The number of ether oxygens (including phenoxy) is 1. The number of nitrogens with one attached hydrogen (secondary N) is 2. The van der Waals surface area contributed by atoms with E-state index in [-0.39, 0.29) is 5.91 Å². The van der Waals surface area contributed by atoms with Crippen LogP contribution in [0.1, 0.15) is 31.7 Å². The molecule has 2 N–H and O–H groups in total. The van der Waals surface area contributed by atoms with Gasteiger partial charge in [-0.1, -0.05) is 31.5 Å². The highest BCUT2D eigenvalue weighted by molar-refractivity contribution is 5.76. The third-order valence-corrected chi connectivity index (χ3v) is 2.90. The molecule has 106 valence electrons. The predicted octanol–water partition coefficient (Wildman–Crippen LogP) is 2.09. The van der Waals surface area contributed by atoms with E-state index in [2.05, 4.69) is 17.6 Å². The Hall–Kier alpha value is -1.55. The first-order chi connectivity index (χ1) is 9.27. The van der Waals surface area contributed by atoms with E-state index in [0.717, 1.165) is 30.8 Å². The number of para-hydroxylation sites is 1. The Morgan fingerprint density at radius 3 is 2.79 bits per heavy atom. The van der Waals surface area contributed by atoms with Gasteiger partial charge in [-0.2, -0.15) is 0 Å². The second kappa shape index (κ2) is 9.39. The predicted molar refractivity (Wildman–Crippen MR) is 77.2 cm³/mol. The van der Waals surface area contributed by atoms with Crippen molar-refractivity contribution in [2.45, 2.75) is 32.7 Å². The van der Waals surface area contributed by atoms with Gasteiger partial charge in [-0.3, -0.25) is 4.79 Å². The zero-order valence-corrected chi connectivity index (χ0v) is 11.9. The number of rotatable bonds is 9. The highest BCUT2D eigenvalue weighted by Gasteiger charge is 2.04. The topological polar surface area (TPSA) is 50.4 Å². The minimum absolute atomic E-state index is 0.0647. The van der Waals surface area contributed by atoms with Crippen molar-refractivity contribution in [3.63, 3.8) is 0 Å². The molecule has 0 radical (unpaired) electrons. The van der Waals surface area contributed by atoms with Crippen LogP contribution >= 0.6 is 0 Å². The maximum absolute atomic E-state index is 11.7. The Bertz CT molecular complexity index is 380. The number of unbranched alkanes of at least 4 members (excludes halogenated alkanes) is 1. The Kier molecular flexibility index (Phi) is 7.66. The summed E-state index contributed by atoms with van der Waals surface area (Å²) >= 11 is 0. The molecule has 4 nitrogen and oxygen atoms in total. The lowest BCUT2D eigenvalue weighted by molar-refractivity contribution is -0.121. The first kappa shape index (κ1) is 15.5. The van der Waals surface area contributed by atoms with Gasteiger partial charge < -0.3 is 15.4 Å². The van der Waals surface area contributed by atoms with Crippen molar-refractivity contribution in [3.05, 3.63) is 29.8 Å². The molecule has 0 aliphatic heterocycles. The normalized spacial score (nSPS) is 10.2. The average molecular weight is 264 g/mol. The molecule has 4 heteroatoms. The lowest BCUT2D eigenvalue weighted by atomic mass is 10.2. The summed E-state index contributed by atoms with van der Waals surface area (Å²) in [7, 11) is 1.64. The summed E-state index contributed by atoms with van der Waals surface area (Å²) in [5.41, 5.74) is 0.997. The van der Waals surface area contributed by atoms with Gasteiger partial charge in [-0.05, 0) is 19.0 Å². The maximum Gasteiger partial charge on any atom is 0.221 e. The van der Waals surface area contributed by atoms with Crippen LogP contribution in [0.25, 0.3) is 0 Å². The van der Waals surface area contributed by atoms with E-state index in [0.29, 0.717) is 13.0 Å². The zero-order chi connectivity index (χ0) is 13.9. The molecule has 0 heterocycles. The van der Waals surface area contributed by atoms with Crippen LogP contribution in [0.5, 0.6) is 5.75 Å². The van der Waals surface area contributed by atoms with Crippen molar-refractivity contribution in [3.8, 4) is 5.75 Å². The summed E-state index contributed by atoms with van der Waals surface area (Å²) < 4.78 is 5.24. The molecule has 0 spiro atoms. The molecular weight excluding hydrogens is 240 g/mol. The van der Waals surface area contributed by atoms with Crippen molar-refractivity contribution in [2.24, 2.45) is 0 Å². The largest absolute Gasteiger partial charge is 0.496 e. The number of hydrogen-bond donors (Lipinski definition) is 2. The van der Waals surface area contributed by atoms with E-state index >= 15 is 0 Å². The van der Waals surface area contributed by atoms with Crippen LogP contribution < -0.4 is 15.4 Å². The molecule has 1 aromatic rings. The smallest absolute Gasteiger partial charge is 0.221 e. The third kappa shape index (κ3) is 6.25. The number of carbonyl (C=O) groups excluding carboxylic acids is 1. The molecule has 0 unspecified atom stereocenters. The van der Waals surface area contributed by atoms with Crippen LogP contribution in [-0.2, 0) is 11.3 Å². The van der Waals surface area contributed by atoms with E-state index in [1.807, 2.05) is 24.3 Å². The summed E-state index contributed by atoms with van der Waals surface area (Å²) in [6.45, 7) is 4.38. The van der Waals surface area contributed by atoms with Gasteiger partial charge in [0.2, 0.25) is 5.91 Å². The van der Waals surface area contributed by atoms with E-state index in [1.54, 1.807) is 7.11 Å². The number of hydrogen-bond acceptors (Lipinski definition) is 3. The van der Waals surface area contributed by atoms with Gasteiger partial charge in [-0.25, -0.2) is 0 Å². The fourth-order valence-corrected chi connectivity index (χ4v) is 1.76. The molecule has 0 aliphatic carbocycles. The van der Waals surface area contributed by atoms with Crippen LogP contribution in [0.4, 0.5) is 0 Å². The fourth-order valence-electron chi connectivity index (χ4n) is 1.76. The van der Waals surface area contributed by atoms with E-state index in [9.17, 15) is 4.79 Å². The van der Waals surface area contributed by atoms with Crippen LogP contribution in [0.15, 0.2) is 24.3 Å². The molecule has 19 heavy (non-hydrogen) atoms. The van der Waals surface area contributed by atoms with E-state index < -0.39 is 0 Å². The SMILES string of the molecule is CCCCNCCC(=O)NCc1ccccc1OC. The average Bonchev–Trinajstić information content (AvgIpc) is 2.45. The van der Waals surface area contributed by atoms with Gasteiger partial charge in [-0.15, -0.1) is 0 Å². The molecule has 0 saturated heterocycles. The number of methoxy groups -OCH3 is 1. The van der Waals surface area contributed by atoms with Gasteiger partial charge in [0.05, 0.1) is 7.11 Å². The standard InChI is InChI=1S/C15H24N2O2/c1-3-4-10-16-11-9-15(18)17-12-13-7-5-6-8-14(13)19-2/h5-8,16H,3-4,9-12H2,1-2H3,(H,17,18). The van der Waals surface area contributed by atoms with Crippen molar-refractivity contribution >= 4 is 5.91 Å². The molecule has 0 saturated carbocycles. The second-order valence-electron chi connectivity index (χ2n) is 4.44. The van der Waals surface area contributed by atoms with E-state index in [1.165, 1.54) is 6.42 Å². The van der Waals surface area contributed by atoms with Gasteiger partial charge in [0, 0.05) is 25.1 Å². The summed E-state index contributed by atoms with van der Waals surface area (Å²) in [6, 6.07) is 7.71. The molecule has 0 aliphatic rings. The maximum atomic E-state index is 11.7. The molecule has 0 atom stereocenters. The molecule has 0 bridgehead atoms. The summed E-state index contributed by atoms with van der Waals surface area (Å²) in [6.07, 6.45) is 2.84. The summed E-state index contributed by atoms with van der Waals surface area (Å²) in [5.74, 6) is 0.874. The highest BCUT2D eigenvalue weighted by Crippen LogP contribution is 2.16. The zero-order valence-electron chi connectivity index (χ0n) is 11.9. The van der Waals surface area contributed by atoms with Crippen LogP contribution in [0, 0.1) is 0 Å². The monoisotopic (exact) mass is 264 g/mol. The Morgan fingerprint density at radius 2 is 2.05 bits per heavy atom. The fraction of sp³-hybridized carbons (Fsp3) is 0.533. The van der Waals surface area contributed by atoms with Crippen molar-refractivity contribution < 1.29 is 9.53 Å². The minimum atomic E-state index is 0.0647. The first-order valence-electron chi connectivity index (χ1n) is 6.87. The molecule has 1 amide bonds. The van der Waals surface area contributed by atoms with Crippen LogP contribution in [0.2, 0.25) is 0 Å². The first-order valence-corrected chi connectivity index (χ1v) is 6.87. The van der Waals surface area contributed by atoms with Crippen molar-refractivity contribution in [2.75, 3.05) is 20.2 Å².